The highest BCUT2D eigenvalue weighted by Gasteiger charge is 2.42. The molecule has 2 rings (SSSR count). The lowest BCUT2D eigenvalue weighted by Crippen LogP contribution is -2.36. The van der Waals surface area contributed by atoms with E-state index in [-0.39, 0.29) is 6.61 Å². The lowest BCUT2D eigenvalue weighted by molar-refractivity contribution is 0.0193. The van der Waals surface area contributed by atoms with E-state index in [0.29, 0.717) is 11.4 Å². The van der Waals surface area contributed by atoms with Gasteiger partial charge in [0, 0.05) is 5.56 Å². The molecule has 0 amide bonds. The third-order valence-electron chi connectivity index (χ3n) is 3.16. The van der Waals surface area contributed by atoms with Crippen LogP contribution in [0.15, 0.2) is 16.9 Å². The van der Waals surface area contributed by atoms with E-state index in [1.54, 1.807) is 6.07 Å². The number of pyridine rings is 1. The molecule has 1 aliphatic rings. The molecule has 2 heterocycles. The second kappa shape index (κ2) is 5.07. The molecular formula is C11H16N2O5. The molecule has 0 spiro atoms. The number of aromatic nitrogens is 1. The van der Waals surface area contributed by atoms with Gasteiger partial charge in [-0.25, -0.2) is 0 Å². The minimum atomic E-state index is -1.14. The molecule has 1 aliphatic heterocycles. The fourth-order valence-corrected chi connectivity index (χ4v) is 2.13. The number of methoxy groups -OCH3 is 1. The third kappa shape index (κ3) is 2.13. The Balaban J connectivity index is 2.30. The number of H-pyrrole nitrogens is 1. The molecule has 4 atom stereocenters. The normalized spacial score (nSPS) is 31.6. The Morgan fingerprint density at radius 3 is 2.56 bits per heavy atom. The van der Waals surface area contributed by atoms with Crippen molar-refractivity contribution in [3.8, 4) is 5.88 Å². The van der Waals surface area contributed by atoms with E-state index >= 15 is 0 Å². The Morgan fingerprint density at radius 2 is 2.06 bits per heavy atom. The van der Waals surface area contributed by atoms with Crippen molar-refractivity contribution < 1.29 is 20.1 Å². The van der Waals surface area contributed by atoms with E-state index < -0.39 is 29.9 Å². The molecule has 1 saturated heterocycles. The number of hydrogen-bond donors (Lipinski definition) is 5. The molecule has 1 fully saturated rings. The fourth-order valence-electron chi connectivity index (χ4n) is 2.13. The summed E-state index contributed by atoms with van der Waals surface area (Å²) >= 11 is 0. The highest BCUT2D eigenvalue weighted by Crippen LogP contribution is 2.25. The zero-order valence-corrected chi connectivity index (χ0v) is 9.83. The van der Waals surface area contributed by atoms with E-state index in [0.717, 1.165) is 0 Å². The van der Waals surface area contributed by atoms with Gasteiger partial charge in [-0.05, 0) is 12.1 Å². The van der Waals surface area contributed by atoms with Gasteiger partial charge >= 0.3 is 0 Å². The first kappa shape index (κ1) is 13.0. The summed E-state index contributed by atoms with van der Waals surface area (Å²) in [6, 6.07) is 1.72. The summed E-state index contributed by atoms with van der Waals surface area (Å²) in [7, 11) is 1.43. The molecule has 7 nitrogen and oxygen atoms in total. The maximum Gasteiger partial charge on any atom is 0.255 e. The lowest BCUT2D eigenvalue weighted by atomic mass is 10.0. The summed E-state index contributed by atoms with van der Waals surface area (Å²) in [5.41, 5.74) is -0.116. The molecule has 0 radical (unpaired) electrons. The second-order valence-electron chi connectivity index (χ2n) is 4.23. The van der Waals surface area contributed by atoms with Gasteiger partial charge in [0.15, 0.2) is 5.88 Å². The summed E-state index contributed by atoms with van der Waals surface area (Å²) in [4.78, 5) is 14.3. The molecule has 1 aromatic rings. The monoisotopic (exact) mass is 256 g/mol. The minimum absolute atomic E-state index is 0.290. The van der Waals surface area contributed by atoms with Crippen LogP contribution in [0.4, 0.5) is 0 Å². The van der Waals surface area contributed by atoms with Crippen LogP contribution in [0.5, 0.6) is 5.88 Å². The van der Waals surface area contributed by atoms with Crippen molar-refractivity contribution >= 4 is 0 Å². The molecular weight excluding hydrogens is 240 g/mol. The maximum absolute atomic E-state index is 11.8. The topological polar surface area (TPSA) is 115 Å². The van der Waals surface area contributed by atoms with Gasteiger partial charge in [0.1, 0.15) is 6.10 Å². The summed E-state index contributed by atoms with van der Waals surface area (Å²) in [5.74, 6) is 0.315. The van der Waals surface area contributed by atoms with Gasteiger partial charge in [0.2, 0.25) is 0 Å². The van der Waals surface area contributed by atoms with Crippen LogP contribution in [0, 0.1) is 0 Å². The second-order valence-corrected chi connectivity index (χ2v) is 4.23. The van der Waals surface area contributed by atoms with Gasteiger partial charge in [-0.15, -0.1) is 0 Å². The van der Waals surface area contributed by atoms with Crippen molar-refractivity contribution in [2.75, 3.05) is 13.7 Å². The Kier molecular flexibility index (Phi) is 3.67. The molecule has 0 aliphatic carbocycles. The van der Waals surface area contributed by atoms with Gasteiger partial charge < -0.3 is 25.4 Å². The van der Waals surface area contributed by atoms with Crippen LogP contribution in [0.1, 0.15) is 11.6 Å². The third-order valence-corrected chi connectivity index (χ3v) is 3.16. The number of aliphatic hydroxyl groups is 3. The van der Waals surface area contributed by atoms with Crippen LogP contribution in [0.2, 0.25) is 0 Å². The molecule has 7 heteroatoms. The van der Waals surface area contributed by atoms with Crippen molar-refractivity contribution in [1.82, 2.24) is 10.3 Å². The van der Waals surface area contributed by atoms with Gasteiger partial charge in [0.25, 0.3) is 5.56 Å². The van der Waals surface area contributed by atoms with Crippen LogP contribution in [-0.2, 0) is 0 Å². The van der Waals surface area contributed by atoms with Gasteiger partial charge in [0.05, 0.1) is 31.9 Å². The average molecular weight is 256 g/mol. The van der Waals surface area contributed by atoms with E-state index in [2.05, 4.69) is 10.3 Å². The highest BCUT2D eigenvalue weighted by molar-refractivity contribution is 5.24. The quantitative estimate of drug-likeness (QED) is 0.432. The standard InChI is InChI=1S/C11H16N2O5/c1-18-7-3-2-5(11(17)13-7)8-10(16)9(15)6(4-14)12-8/h2-3,6,8-10,12,14-16H,4H2,1H3,(H,13,17). The molecule has 0 saturated carbocycles. The van der Waals surface area contributed by atoms with Crippen LogP contribution in [0.3, 0.4) is 0 Å². The van der Waals surface area contributed by atoms with Crippen molar-refractivity contribution in [2.24, 2.45) is 0 Å². The summed E-state index contributed by atoms with van der Waals surface area (Å²) in [6.45, 7) is -0.317. The first-order valence-corrected chi connectivity index (χ1v) is 5.58. The largest absolute Gasteiger partial charge is 0.482 e. The number of aliphatic hydroxyl groups excluding tert-OH is 3. The highest BCUT2D eigenvalue weighted by atomic mass is 16.5. The van der Waals surface area contributed by atoms with E-state index in [1.807, 2.05) is 0 Å². The summed E-state index contributed by atoms with van der Waals surface area (Å²) < 4.78 is 4.88. The maximum atomic E-state index is 11.8. The Labute approximate surface area is 103 Å². The number of rotatable bonds is 3. The predicted molar refractivity (Wildman–Crippen MR) is 62.4 cm³/mol. The van der Waals surface area contributed by atoms with Crippen molar-refractivity contribution in [1.29, 1.82) is 0 Å². The molecule has 5 N–H and O–H groups in total. The zero-order valence-electron chi connectivity index (χ0n) is 9.83. The zero-order chi connectivity index (χ0) is 13.3. The average Bonchev–Trinajstić information content (AvgIpc) is 2.66. The van der Waals surface area contributed by atoms with E-state index in [4.69, 9.17) is 9.84 Å². The lowest BCUT2D eigenvalue weighted by Gasteiger charge is -2.15. The molecule has 4 unspecified atom stereocenters. The molecule has 0 bridgehead atoms. The smallest absolute Gasteiger partial charge is 0.255 e. The Morgan fingerprint density at radius 1 is 1.33 bits per heavy atom. The molecule has 0 aromatic carbocycles. The summed E-state index contributed by atoms with van der Waals surface area (Å²) in [5, 5.41) is 31.4. The van der Waals surface area contributed by atoms with Crippen LogP contribution < -0.4 is 15.6 Å². The minimum Gasteiger partial charge on any atom is -0.482 e. The molecule has 1 aromatic heterocycles. The van der Waals surface area contributed by atoms with Crippen LogP contribution in [0.25, 0.3) is 0 Å². The first-order valence-electron chi connectivity index (χ1n) is 5.58. The Hall–Kier alpha value is -1.41. The molecule has 100 valence electrons. The van der Waals surface area contributed by atoms with Crippen molar-refractivity contribution in [3.63, 3.8) is 0 Å². The van der Waals surface area contributed by atoms with Crippen molar-refractivity contribution in [2.45, 2.75) is 24.3 Å². The van der Waals surface area contributed by atoms with E-state index in [9.17, 15) is 15.0 Å². The first-order chi connectivity index (χ1) is 8.58. The van der Waals surface area contributed by atoms with Gasteiger partial charge in [-0.3, -0.25) is 9.78 Å². The number of nitrogens with one attached hydrogen (secondary N) is 2. The fraction of sp³-hybridized carbons (Fsp3) is 0.545. The Bertz CT molecular complexity index is 475. The number of hydrogen-bond acceptors (Lipinski definition) is 6. The number of aromatic amines is 1. The van der Waals surface area contributed by atoms with Crippen LogP contribution in [-0.4, -0.2) is 52.3 Å². The van der Waals surface area contributed by atoms with Gasteiger partial charge in [-0.1, -0.05) is 0 Å². The molecule has 18 heavy (non-hydrogen) atoms. The van der Waals surface area contributed by atoms with Gasteiger partial charge in [-0.2, -0.15) is 0 Å². The predicted octanol–water partition coefficient (Wildman–Crippen LogP) is -1.89. The number of ether oxygens (including phenoxy) is 1. The van der Waals surface area contributed by atoms with Crippen LogP contribution >= 0.6 is 0 Å². The summed E-state index contributed by atoms with van der Waals surface area (Å²) in [6.07, 6.45) is -2.25. The SMILES string of the molecule is COc1ccc(C2NC(CO)C(O)C2O)c(=O)[nH]1. The van der Waals surface area contributed by atoms with Crippen molar-refractivity contribution in [3.05, 3.63) is 28.0 Å². The van der Waals surface area contributed by atoms with E-state index in [1.165, 1.54) is 13.2 Å².